The van der Waals surface area contributed by atoms with Gasteiger partial charge < -0.3 is 0 Å². The summed E-state index contributed by atoms with van der Waals surface area (Å²) in [5.41, 5.74) is 3.54. The van der Waals surface area contributed by atoms with Gasteiger partial charge in [-0.3, -0.25) is 4.99 Å². The standard InChI is InChI=1S/C9H9N/c1-7-6-8-4-2-3-5-9(8)10-7/h3-6H,2H2,1H3. The van der Waals surface area contributed by atoms with Crippen LogP contribution in [0.5, 0.6) is 0 Å². The molecule has 1 nitrogen and oxygen atoms in total. The fourth-order valence-corrected chi connectivity index (χ4v) is 1.26. The molecule has 0 radical (unpaired) electrons. The second kappa shape index (κ2) is 1.94. The molecular formula is C9H9N. The van der Waals surface area contributed by atoms with E-state index in [-0.39, 0.29) is 0 Å². The normalized spacial score (nSPS) is 21.5. The minimum atomic E-state index is 1.05. The molecule has 2 rings (SSSR count). The Hall–Kier alpha value is -1.11. The third kappa shape index (κ3) is 0.747. The van der Waals surface area contributed by atoms with E-state index in [2.05, 4.69) is 29.3 Å². The summed E-state index contributed by atoms with van der Waals surface area (Å²) in [6.45, 7) is 2.03. The van der Waals surface area contributed by atoms with Gasteiger partial charge in [0.05, 0.1) is 5.71 Å². The van der Waals surface area contributed by atoms with Gasteiger partial charge >= 0.3 is 0 Å². The van der Waals surface area contributed by atoms with Crippen LogP contribution in [0.1, 0.15) is 13.3 Å². The molecule has 0 fully saturated rings. The average molecular weight is 131 g/mol. The molecule has 0 aromatic carbocycles. The number of allylic oxidation sites excluding steroid dienone is 6. The van der Waals surface area contributed by atoms with Crippen molar-refractivity contribution in [2.24, 2.45) is 4.99 Å². The number of hydrogen-bond donors (Lipinski definition) is 0. The Morgan fingerprint density at radius 1 is 1.50 bits per heavy atom. The molecule has 0 saturated carbocycles. The second-order valence-corrected chi connectivity index (χ2v) is 2.58. The van der Waals surface area contributed by atoms with Gasteiger partial charge in [-0.2, -0.15) is 0 Å². The third-order valence-electron chi connectivity index (χ3n) is 1.71. The van der Waals surface area contributed by atoms with Crippen LogP contribution in [0.3, 0.4) is 0 Å². The lowest BCUT2D eigenvalue weighted by Crippen LogP contribution is -1.95. The largest absolute Gasteiger partial charge is 0.253 e. The predicted octanol–water partition coefficient (Wildman–Crippen LogP) is 2.23. The first-order valence-electron chi connectivity index (χ1n) is 3.50. The highest BCUT2D eigenvalue weighted by molar-refractivity contribution is 6.13. The molecular weight excluding hydrogens is 122 g/mol. The molecule has 10 heavy (non-hydrogen) atoms. The molecule has 0 aromatic heterocycles. The Balaban J connectivity index is 2.46. The van der Waals surface area contributed by atoms with Gasteiger partial charge in [0.15, 0.2) is 0 Å². The first-order chi connectivity index (χ1) is 4.86. The molecule has 0 saturated heterocycles. The van der Waals surface area contributed by atoms with Gasteiger partial charge in [-0.1, -0.05) is 12.2 Å². The molecule has 0 unspecified atom stereocenters. The summed E-state index contributed by atoms with van der Waals surface area (Å²) >= 11 is 0. The Labute approximate surface area is 60.5 Å². The van der Waals surface area contributed by atoms with E-state index < -0.39 is 0 Å². The lowest BCUT2D eigenvalue weighted by Gasteiger charge is -1.99. The molecule has 0 bridgehead atoms. The molecule has 0 spiro atoms. The minimum absolute atomic E-state index is 1.05. The Morgan fingerprint density at radius 2 is 2.40 bits per heavy atom. The van der Waals surface area contributed by atoms with Crippen molar-refractivity contribution in [3.05, 3.63) is 35.6 Å². The highest BCUT2D eigenvalue weighted by Gasteiger charge is 2.09. The van der Waals surface area contributed by atoms with E-state index in [1.807, 2.05) is 6.92 Å². The van der Waals surface area contributed by atoms with Crippen molar-refractivity contribution in [2.75, 3.05) is 0 Å². The second-order valence-electron chi connectivity index (χ2n) is 2.58. The van der Waals surface area contributed by atoms with E-state index >= 15 is 0 Å². The molecule has 0 amide bonds. The van der Waals surface area contributed by atoms with Gasteiger partial charge in [0.2, 0.25) is 0 Å². The van der Waals surface area contributed by atoms with Crippen molar-refractivity contribution in [3.63, 3.8) is 0 Å². The van der Waals surface area contributed by atoms with Crippen LogP contribution in [0.2, 0.25) is 0 Å². The monoisotopic (exact) mass is 131 g/mol. The number of aliphatic imine (C=N–C) groups is 1. The Bertz CT molecular complexity index is 277. The van der Waals surface area contributed by atoms with Gasteiger partial charge in [0.25, 0.3) is 0 Å². The number of hydrogen-bond acceptors (Lipinski definition) is 1. The number of fused-ring (bicyclic) bond motifs is 1. The lowest BCUT2D eigenvalue weighted by molar-refractivity contribution is 1.34. The van der Waals surface area contributed by atoms with Gasteiger partial charge in [0, 0.05) is 5.70 Å². The molecule has 2 aliphatic rings. The van der Waals surface area contributed by atoms with E-state index in [1.165, 1.54) is 5.57 Å². The van der Waals surface area contributed by atoms with Gasteiger partial charge in [-0.25, -0.2) is 0 Å². The highest BCUT2D eigenvalue weighted by Crippen LogP contribution is 2.19. The highest BCUT2D eigenvalue weighted by atomic mass is 14.8. The zero-order chi connectivity index (χ0) is 6.97. The van der Waals surface area contributed by atoms with Crippen molar-refractivity contribution < 1.29 is 0 Å². The van der Waals surface area contributed by atoms with Crippen LogP contribution in [0.25, 0.3) is 0 Å². The van der Waals surface area contributed by atoms with E-state index in [9.17, 15) is 0 Å². The summed E-state index contributed by atoms with van der Waals surface area (Å²) in [5.74, 6) is 0. The van der Waals surface area contributed by atoms with E-state index in [0.717, 1.165) is 17.8 Å². The summed E-state index contributed by atoms with van der Waals surface area (Å²) in [4.78, 5) is 4.33. The van der Waals surface area contributed by atoms with Crippen LogP contribution < -0.4 is 0 Å². The van der Waals surface area contributed by atoms with E-state index in [1.54, 1.807) is 0 Å². The fourth-order valence-electron chi connectivity index (χ4n) is 1.26. The van der Waals surface area contributed by atoms with Gasteiger partial charge in [-0.05, 0) is 31.1 Å². The first-order valence-corrected chi connectivity index (χ1v) is 3.50. The van der Waals surface area contributed by atoms with Crippen LogP contribution in [-0.2, 0) is 0 Å². The molecule has 0 aromatic rings. The van der Waals surface area contributed by atoms with Crippen molar-refractivity contribution in [3.8, 4) is 0 Å². The van der Waals surface area contributed by atoms with Crippen LogP contribution in [-0.4, -0.2) is 5.71 Å². The number of nitrogens with zero attached hydrogens (tertiary/aromatic N) is 1. The van der Waals surface area contributed by atoms with E-state index in [4.69, 9.17) is 0 Å². The molecule has 0 atom stereocenters. The Morgan fingerprint density at radius 3 is 3.20 bits per heavy atom. The SMILES string of the molecule is CC1=CC2=CCC=CC2=N1. The zero-order valence-corrected chi connectivity index (χ0v) is 5.96. The molecule has 50 valence electrons. The van der Waals surface area contributed by atoms with Crippen molar-refractivity contribution >= 4 is 5.71 Å². The number of rotatable bonds is 0. The summed E-state index contributed by atoms with van der Waals surface area (Å²) in [6, 6.07) is 0. The smallest absolute Gasteiger partial charge is 0.0699 e. The van der Waals surface area contributed by atoms with Crippen LogP contribution in [0, 0.1) is 0 Å². The lowest BCUT2D eigenvalue weighted by atomic mass is 10.1. The van der Waals surface area contributed by atoms with Crippen molar-refractivity contribution in [1.29, 1.82) is 0 Å². The molecule has 1 aliphatic heterocycles. The third-order valence-corrected chi connectivity index (χ3v) is 1.71. The van der Waals surface area contributed by atoms with E-state index in [0.29, 0.717) is 0 Å². The zero-order valence-electron chi connectivity index (χ0n) is 5.96. The van der Waals surface area contributed by atoms with Crippen molar-refractivity contribution in [1.82, 2.24) is 0 Å². The maximum absolute atomic E-state index is 4.33. The first kappa shape index (κ1) is 5.66. The summed E-state index contributed by atoms with van der Waals surface area (Å²) in [7, 11) is 0. The quantitative estimate of drug-likeness (QED) is 0.478. The maximum Gasteiger partial charge on any atom is 0.0699 e. The molecule has 0 N–H and O–H groups in total. The van der Waals surface area contributed by atoms with Crippen LogP contribution >= 0.6 is 0 Å². The summed E-state index contributed by atoms with van der Waals surface area (Å²) < 4.78 is 0. The average Bonchev–Trinajstić information content (AvgIpc) is 2.27. The minimum Gasteiger partial charge on any atom is -0.253 e. The van der Waals surface area contributed by atoms with Crippen LogP contribution in [0.15, 0.2) is 40.6 Å². The molecule has 1 heteroatoms. The van der Waals surface area contributed by atoms with Crippen LogP contribution in [0.4, 0.5) is 0 Å². The summed E-state index contributed by atoms with van der Waals surface area (Å²) in [6.07, 6.45) is 9.60. The molecule has 1 heterocycles. The predicted molar refractivity (Wildman–Crippen MR) is 43.0 cm³/mol. The van der Waals surface area contributed by atoms with Gasteiger partial charge in [0.1, 0.15) is 0 Å². The fraction of sp³-hybridized carbons (Fsp3) is 0.222. The van der Waals surface area contributed by atoms with Crippen molar-refractivity contribution in [2.45, 2.75) is 13.3 Å². The van der Waals surface area contributed by atoms with Gasteiger partial charge in [-0.15, -0.1) is 0 Å². The topological polar surface area (TPSA) is 12.4 Å². The molecule has 1 aliphatic carbocycles. The maximum atomic E-state index is 4.33. The summed E-state index contributed by atoms with van der Waals surface area (Å²) in [5, 5.41) is 0. The Kier molecular flexibility index (Phi) is 1.10.